The SMILES string of the molecule is CCC1(C(=O)O)CCCN(C(=O)CCC(C)CCN)C1. The Labute approximate surface area is 121 Å². The van der Waals surface area contributed by atoms with Gasteiger partial charge in [0.25, 0.3) is 0 Å². The smallest absolute Gasteiger partial charge is 0.311 e. The molecule has 1 heterocycles. The van der Waals surface area contributed by atoms with Gasteiger partial charge in [-0.25, -0.2) is 0 Å². The first-order valence-electron chi connectivity index (χ1n) is 7.66. The van der Waals surface area contributed by atoms with Gasteiger partial charge >= 0.3 is 5.97 Å². The van der Waals surface area contributed by atoms with E-state index >= 15 is 0 Å². The second kappa shape index (κ2) is 7.62. The first kappa shape index (κ1) is 17.0. The standard InChI is InChI=1S/C15H28N2O3/c1-3-15(14(19)20)8-4-10-17(11-15)13(18)6-5-12(2)7-9-16/h12H,3-11,16H2,1-2H3,(H,19,20). The molecule has 0 aromatic rings. The summed E-state index contributed by atoms with van der Waals surface area (Å²) in [5.74, 6) is -0.231. The Bertz CT molecular complexity index is 346. The third kappa shape index (κ3) is 4.20. The fourth-order valence-electron chi connectivity index (χ4n) is 2.92. The van der Waals surface area contributed by atoms with Crippen LogP contribution in [0, 0.1) is 11.3 Å². The van der Waals surface area contributed by atoms with Crippen molar-refractivity contribution in [3.8, 4) is 0 Å². The lowest BCUT2D eigenvalue weighted by atomic mass is 9.77. The highest BCUT2D eigenvalue weighted by Gasteiger charge is 2.41. The Hall–Kier alpha value is -1.10. The number of carbonyl (C=O) groups is 2. The second-order valence-electron chi connectivity index (χ2n) is 6.08. The monoisotopic (exact) mass is 284 g/mol. The zero-order valence-corrected chi connectivity index (χ0v) is 12.7. The van der Waals surface area contributed by atoms with Gasteiger partial charge in [-0.1, -0.05) is 13.8 Å². The summed E-state index contributed by atoms with van der Waals surface area (Å²) in [4.78, 5) is 25.5. The quantitative estimate of drug-likeness (QED) is 0.747. The zero-order valence-electron chi connectivity index (χ0n) is 12.7. The van der Waals surface area contributed by atoms with E-state index in [1.807, 2.05) is 6.92 Å². The number of carbonyl (C=O) groups excluding carboxylic acids is 1. The third-order valence-electron chi connectivity index (χ3n) is 4.57. The Balaban J connectivity index is 2.54. The van der Waals surface area contributed by atoms with Gasteiger partial charge in [0.05, 0.1) is 5.41 Å². The summed E-state index contributed by atoms with van der Waals surface area (Å²) >= 11 is 0. The average molecular weight is 284 g/mol. The lowest BCUT2D eigenvalue weighted by Gasteiger charge is -2.39. The fourth-order valence-corrected chi connectivity index (χ4v) is 2.92. The maximum atomic E-state index is 12.2. The molecule has 0 spiro atoms. The van der Waals surface area contributed by atoms with Gasteiger partial charge in [-0.2, -0.15) is 0 Å². The first-order chi connectivity index (χ1) is 9.45. The summed E-state index contributed by atoms with van der Waals surface area (Å²) in [5, 5.41) is 9.42. The molecule has 0 aromatic carbocycles. The molecule has 0 aliphatic carbocycles. The molecule has 1 fully saturated rings. The van der Waals surface area contributed by atoms with E-state index in [0.717, 1.165) is 19.3 Å². The van der Waals surface area contributed by atoms with Gasteiger partial charge in [-0.15, -0.1) is 0 Å². The van der Waals surface area contributed by atoms with Crippen LogP contribution in [0.15, 0.2) is 0 Å². The van der Waals surface area contributed by atoms with Crippen LogP contribution in [0.25, 0.3) is 0 Å². The number of nitrogens with two attached hydrogens (primary N) is 1. The van der Waals surface area contributed by atoms with Gasteiger partial charge in [0.15, 0.2) is 0 Å². The van der Waals surface area contributed by atoms with Crippen LogP contribution >= 0.6 is 0 Å². The van der Waals surface area contributed by atoms with Crippen LogP contribution in [-0.4, -0.2) is 41.5 Å². The van der Waals surface area contributed by atoms with E-state index in [2.05, 4.69) is 6.92 Å². The summed E-state index contributed by atoms with van der Waals surface area (Å²) in [6.45, 7) is 5.70. The third-order valence-corrected chi connectivity index (χ3v) is 4.57. The van der Waals surface area contributed by atoms with Crippen molar-refractivity contribution >= 4 is 11.9 Å². The van der Waals surface area contributed by atoms with Crippen molar-refractivity contribution in [3.05, 3.63) is 0 Å². The number of amides is 1. The van der Waals surface area contributed by atoms with E-state index in [1.54, 1.807) is 4.90 Å². The molecular formula is C15H28N2O3. The number of piperidine rings is 1. The van der Waals surface area contributed by atoms with E-state index < -0.39 is 11.4 Å². The summed E-state index contributed by atoms with van der Waals surface area (Å²) in [7, 11) is 0. The summed E-state index contributed by atoms with van der Waals surface area (Å²) in [6.07, 6.45) is 4.30. The van der Waals surface area contributed by atoms with E-state index in [0.29, 0.717) is 44.8 Å². The van der Waals surface area contributed by atoms with Crippen molar-refractivity contribution in [3.63, 3.8) is 0 Å². The number of rotatable bonds is 7. The highest BCUT2D eigenvalue weighted by atomic mass is 16.4. The van der Waals surface area contributed by atoms with Crippen LogP contribution in [0.3, 0.4) is 0 Å². The lowest BCUT2D eigenvalue weighted by Crippen LogP contribution is -2.49. The highest BCUT2D eigenvalue weighted by molar-refractivity contribution is 5.79. The van der Waals surface area contributed by atoms with Crippen molar-refractivity contribution < 1.29 is 14.7 Å². The maximum Gasteiger partial charge on any atom is 0.311 e. The predicted molar refractivity (Wildman–Crippen MR) is 78.2 cm³/mol. The number of carboxylic acid groups (broad SMARTS) is 1. The molecule has 0 radical (unpaired) electrons. The minimum Gasteiger partial charge on any atom is -0.481 e. The Morgan fingerprint density at radius 2 is 2.10 bits per heavy atom. The normalized spacial score (nSPS) is 24.4. The van der Waals surface area contributed by atoms with Gasteiger partial charge in [-0.3, -0.25) is 9.59 Å². The largest absolute Gasteiger partial charge is 0.481 e. The minimum atomic E-state index is -0.769. The van der Waals surface area contributed by atoms with Crippen molar-refractivity contribution in [2.45, 2.75) is 52.4 Å². The van der Waals surface area contributed by atoms with Crippen molar-refractivity contribution in [2.24, 2.45) is 17.1 Å². The van der Waals surface area contributed by atoms with Gasteiger partial charge in [0.2, 0.25) is 5.91 Å². The molecule has 1 rings (SSSR count). The van der Waals surface area contributed by atoms with Crippen LogP contribution in [0.2, 0.25) is 0 Å². The van der Waals surface area contributed by atoms with Crippen LogP contribution in [0.4, 0.5) is 0 Å². The lowest BCUT2D eigenvalue weighted by molar-refractivity contribution is -0.155. The number of hydrogen-bond donors (Lipinski definition) is 2. The molecule has 5 heteroatoms. The summed E-state index contributed by atoms with van der Waals surface area (Å²) < 4.78 is 0. The van der Waals surface area contributed by atoms with Gasteiger partial charge in [0.1, 0.15) is 0 Å². The van der Waals surface area contributed by atoms with E-state index in [9.17, 15) is 14.7 Å². The number of hydrogen-bond acceptors (Lipinski definition) is 3. The number of carboxylic acids is 1. The molecular weight excluding hydrogens is 256 g/mol. The highest BCUT2D eigenvalue weighted by Crippen LogP contribution is 2.34. The van der Waals surface area contributed by atoms with Crippen LogP contribution in [-0.2, 0) is 9.59 Å². The molecule has 1 saturated heterocycles. The molecule has 2 atom stereocenters. The Morgan fingerprint density at radius 3 is 2.65 bits per heavy atom. The Morgan fingerprint density at radius 1 is 1.40 bits per heavy atom. The predicted octanol–water partition coefficient (Wildman–Crippen LogP) is 1.85. The molecule has 1 aliphatic rings. The fraction of sp³-hybridized carbons (Fsp3) is 0.867. The van der Waals surface area contributed by atoms with Crippen LogP contribution in [0.5, 0.6) is 0 Å². The van der Waals surface area contributed by atoms with Gasteiger partial charge in [0, 0.05) is 19.5 Å². The van der Waals surface area contributed by atoms with Crippen molar-refractivity contribution in [2.75, 3.05) is 19.6 Å². The topological polar surface area (TPSA) is 83.6 Å². The van der Waals surface area contributed by atoms with Crippen LogP contribution < -0.4 is 5.73 Å². The molecule has 116 valence electrons. The van der Waals surface area contributed by atoms with Gasteiger partial charge in [-0.05, 0) is 44.6 Å². The van der Waals surface area contributed by atoms with Crippen LogP contribution in [0.1, 0.15) is 52.4 Å². The molecule has 0 aromatic heterocycles. The molecule has 20 heavy (non-hydrogen) atoms. The van der Waals surface area contributed by atoms with Crippen molar-refractivity contribution in [1.82, 2.24) is 4.90 Å². The van der Waals surface area contributed by atoms with Gasteiger partial charge < -0.3 is 15.7 Å². The zero-order chi connectivity index (χ0) is 15.2. The molecule has 3 N–H and O–H groups in total. The number of nitrogens with zero attached hydrogens (tertiary/aromatic N) is 1. The minimum absolute atomic E-state index is 0.0904. The molecule has 0 saturated carbocycles. The number of likely N-dealkylation sites (tertiary alicyclic amines) is 1. The second-order valence-corrected chi connectivity index (χ2v) is 6.08. The summed E-state index contributed by atoms with van der Waals surface area (Å²) in [5.41, 5.74) is 4.77. The van der Waals surface area contributed by atoms with E-state index in [-0.39, 0.29) is 5.91 Å². The summed E-state index contributed by atoms with van der Waals surface area (Å²) in [6, 6.07) is 0. The molecule has 1 aliphatic heterocycles. The molecule has 1 amide bonds. The molecule has 5 nitrogen and oxygen atoms in total. The maximum absolute atomic E-state index is 12.2. The molecule has 2 unspecified atom stereocenters. The molecule has 0 bridgehead atoms. The van der Waals surface area contributed by atoms with Crippen molar-refractivity contribution in [1.29, 1.82) is 0 Å². The number of aliphatic carboxylic acids is 1. The van der Waals surface area contributed by atoms with E-state index in [4.69, 9.17) is 5.73 Å². The first-order valence-corrected chi connectivity index (χ1v) is 7.66. The average Bonchev–Trinajstić information content (AvgIpc) is 2.44. The Kier molecular flexibility index (Phi) is 6.46. The van der Waals surface area contributed by atoms with E-state index in [1.165, 1.54) is 0 Å².